The molecule has 0 bridgehead atoms. The van der Waals surface area contributed by atoms with Gasteiger partial charge in [-0.25, -0.2) is 4.79 Å². The number of carbonyl (C=O) groups excluding carboxylic acids is 1. The monoisotopic (exact) mass is 449 g/mol. The molecule has 170 valence electrons. The number of aryl methyl sites for hydroxylation is 1. The molecule has 0 aliphatic carbocycles. The van der Waals surface area contributed by atoms with Gasteiger partial charge < -0.3 is 10.4 Å². The van der Waals surface area contributed by atoms with E-state index in [1.165, 1.54) is 5.56 Å². The third kappa shape index (κ3) is 5.59. The zero-order valence-corrected chi connectivity index (χ0v) is 19.1. The van der Waals surface area contributed by atoms with Crippen LogP contribution in [0.3, 0.4) is 0 Å². The third-order valence-corrected chi connectivity index (χ3v) is 5.95. The highest BCUT2D eigenvalue weighted by Gasteiger charge is 2.21. The minimum absolute atomic E-state index is 0.206. The van der Waals surface area contributed by atoms with Gasteiger partial charge in [-0.1, -0.05) is 97.9 Å². The highest BCUT2D eigenvalue weighted by Crippen LogP contribution is 2.22. The highest BCUT2D eigenvalue weighted by molar-refractivity contribution is 5.97. The quantitative estimate of drug-likeness (QED) is 0.346. The molecule has 4 rings (SSSR count). The molecule has 0 saturated heterocycles. The van der Waals surface area contributed by atoms with Crippen molar-refractivity contribution in [1.82, 2.24) is 5.32 Å². The van der Waals surface area contributed by atoms with Crippen LogP contribution in [0.4, 0.5) is 0 Å². The summed E-state index contributed by atoms with van der Waals surface area (Å²) in [5.41, 5.74) is 6.79. The number of carboxylic acids is 1. The van der Waals surface area contributed by atoms with Crippen LogP contribution in [0, 0.1) is 0 Å². The van der Waals surface area contributed by atoms with E-state index in [2.05, 4.69) is 36.5 Å². The van der Waals surface area contributed by atoms with E-state index < -0.39 is 17.9 Å². The second-order valence-corrected chi connectivity index (χ2v) is 8.26. The molecule has 4 aromatic carbocycles. The Morgan fingerprint density at radius 1 is 0.676 bits per heavy atom. The van der Waals surface area contributed by atoms with E-state index in [9.17, 15) is 14.7 Å². The Bertz CT molecular complexity index is 1250. The number of rotatable bonds is 8. The molecular formula is C30H27NO3. The predicted octanol–water partition coefficient (Wildman–Crippen LogP) is 6.01. The zero-order valence-electron chi connectivity index (χ0n) is 19.1. The van der Waals surface area contributed by atoms with E-state index in [1.807, 2.05) is 66.7 Å². The van der Waals surface area contributed by atoms with Crippen molar-refractivity contribution in [3.05, 3.63) is 120 Å². The molecule has 2 N–H and O–H groups in total. The van der Waals surface area contributed by atoms with Crippen molar-refractivity contribution in [3.8, 4) is 22.3 Å². The van der Waals surface area contributed by atoms with E-state index in [0.717, 1.165) is 34.2 Å². The summed E-state index contributed by atoms with van der Waals surface area (Å²) in [5, 5.41) is 12.3. The summed E-state index contributed by atoms with van der Waals surface area (Å²) in [6.45, 7) is 2.12. The molecule has 1 amide bonds. The Labute approximate surface area is 199 Å². The Morgan fingerprint density at radius 3 is 1.65 bits per heavy atom. The molecule has 4 aromatic rings. The summed E-state index contributed by atoms with van der Waals surface area (Å²) in [5.74, 6) is -1.46. The minimum atomic E-state index is -1.06. The number of hydrogen-bond acceptors (Lipinski definition) is 2. The number of aliphatic carboxylic acids is 1. The van der Waals surface area contributed by atoms with Crippen molar-refractivity contribution in [2.45, 2.75) is 25.8 Å². The second-order valence-electron chi connectivity index (χ2n) is 8.26. The Morgan fingerprint density at radius 2 is 1.15 bits per heavy atom. The second kappa shape index (κ2) is 10.6. The fourth-order valence-electron chi connectivity index (χ4n) is 3.89. The first-order valence-corrected chi connectivity index (χ1v) is 11.4. The maximum absolute atomic E-state index is 12.7. The topological polar surface area (TPSA) is 66.4 Å². The lowest BCUT2D eigenvalue weighted by Gasteiger charge is -2.15. The maximum atomic E-state index is 12.7. The molecule has 1 atom stereocenters. The van der Waals surface area contributed by atoms with Gasteiger partial charge in [-0.15, -0.1) is 0 Å². The molecule has 0 fully saturated rings. The highest BCUT2D eigenvalue weighted by atomic mass is 16.4. The summed E-state index contributed by atoms with van der Waals surface area (Å²) in [6, 6.07) is 32.3. The molecule has 34 heavy (non-hydrogen) atoms. The first kappa shape index (κ1) is 23.0. The van der Waals surface area contributed by atoms with Crippen molar-refractivity contribution >= 4 is 11.9 Å². The number of carbonyl (C=O) groups is 2. The molecule has 0 heterocycles. The van der Waals surface area contributed by atoms with E-state index in [-0.39, 0.29) is 6.42 Å². The van der Waals surface area contributed by atoms with Crippen molar-refractivity contribution < 1.29 is 14.7 Å². The van der Waals surface area contributed by atoms with Gasteiger partial charge in [0.05, 0.1) is 0 Å². The fraction of sp³-hybridized carbons (Fsp3) is 0.133. The van der Waals surface area contributed by atoms with Gasteiger partial charge in [0.2, 0.25) is 0 Å². The standard InChI is InChI=1S/C30H27NO3/c1-2-21-8-12-25(13-9-21)26-16-18-27(19-17-26)29(32)31-28(30(33)34)20-22-10-14-24(15-11-22)23-6-4-3-5-7-23/h3-19,28H,2,20H2,1H3,(H,31,32)(H,33,34). The summed E-state index contributed by atoms with van der Waals surface area (Å²) < 4.78 is 0. The van der Waals surface area contributed by atoms with Crippen LogP contribution in [0.25, 0.3) is 22.3 Å². The molecule has 0 spiro atoms. The van der Waals surface area contributed by atoms with Crippen LogP contribution >= 0.6 is 0 Å². The molecule has 4 heteroatoms. The number of carboxylic acid groups (broad SMARTS) is 1. The average Bonchev–Trinajstić information content (AvgIpc) is 2.89. The van der Waals surface area contributed by atoms with Gasteiger partial charge >= 0.3 is 5.97 Å². The summed E-state index contributed by atoms with van der Waals surface area (Å²) in [6.07, 6.45) is 1.19. The molecule has 0 saturated carbocycles. The molecular weight excluding hydrogens is 422 g/mol. The largest absolute Gasteiger partial charge is 0.480 e. The van der Waals surface area contributed by atoms with Gasteiger partial charge in [-0.2, -0.15) is 0 Å². The average molecular weight is 450 g/mol. The maximum Gasteiger partial charge on any atom is 0.326 e. The Balaban J connectivity index is 1.42. The molecule has 0 radical (unpaired) electrons. The van der Waals surface area contributed by atoms with Crippen molar-refractivity contribution in [2.75, 3.05) is 0 Å². The lowest BCUT2D eigenvalue weighted by atomic mass is 10.00. The van der Waals surface area contributed by atoms with Crippen LogP contribution < -0.4 is 5.32 Å². The summed E-state index contributed by atoms with van der Waals surface area (Å²) in [7, 11) is 0. The lowest BCUT2D eigenvalue weighted by Crippen LogP contribution is -2.42. The van der Waals surface area contributed by atoms with E-state index in [0.29, 0.717) is 5.56 Å². The van der Waals surface area contributed by atoms with E-state index >= 15 is 0 Å². The number of nitrogens with one attached hydrogen (secondary N) is 1. The van der Waals surface area contributed by atoms with Gasteiger partial charge in [0, 0.05) is 12.0 Å². The van der Waals surface area contributed by atoms with Gasteiger partial charge in [0.25, 0.3) is 5.91 Å². The fourth-order valence-corrected chi connectivity index (χ4v) is 3.89. The van der Waals surface area contributed by atoms with Crippen LogP contribution in [0.2, 0.25) is 0 Å². The lowest BCUT2D eigenvalue weighted by molar-refractivity contribution is -0.139. The molecule has 0 aliphatic heterocycles. The van der Waals surface area contributed by atoms with Gasteiger partial charge in [0.15, 0.2) is 0 Å². The predicted molar refractivity (Wildman–Crippen MR) is 136 cm³/mol. The van der Waals surface area contributed by atoms with Crippen LogP contribution in [0.15, 0.2) is 103 Å². The van der Waals surface area contributed by atoms with Gasteiger partial charge in [-0.05, 0) is 51.9 Å². The number of benzene rings is 4. The zero-order chi connectivity index (χ0) is 23.9. The Kier molecular flexibility index (Phi) is 7.19. The van der Waals surface area contributed by atoms with Gasteiger partial charge in [-0.3, -0.25) is 4.79 Å². The van der Waals surface area contributed by atoms with E-state index in [1.54, 1.807) is 12.1 Å². The Hall–Kier alpha value is -4.18. The summed E-state index contributed by atoms with van der Waals surface area (Å²) >= 11 is 0. The van der Waals surface area contributed by atoms with Crippen LogP contribution in [-0.4, -0.2) is 23.0 Å². The number of hydrogen-bond donors (Lipinski definition) is 2. The van der Waals surface area contributed by atoms with Crippen LogP contribution in [0.5, 0.6) is 0 Å². The summed E-state index contributed by atoms with van der Waals surface area (Å²) in [4.78, 5) is 24.6. The minimum Gasteiger partial charge on any atom is -0.480 e. The SMILES string of the molecule is CCc1ccc(-c2ccc(C(=O)NC(Cc3ccc(-c4ccccc4)cc3)C(=O)O)cc2)cc1. The van der Waals surface area contributed by atoms with Crippen molar-refractivity contribution in [3.63, 3.8) is 0 Å². The first-order valence-electron chi connectivity index (χ1n) is 11.4. The molecule has 0 aromatic heterocycles. The number of amides is 1. The molecule has 1 unspecified atom stereocenters. The van der Waals surface area contributed by atoms with E-state index in [4.69, 9.17) is 0 Å². The molecule has 0 aliphatic rings. The normalized spacial score (nSPS) is 11.6. The molecule has 4 nitrogen and oxygen atoms in total. The first-order chi connectivity index (χ1) is 16.5. The van der Waals surface area contributed by atoms with Crippen LogP contribution in [0.1, 0.15) is 28.4 Å². The van der Waals surface area contributed by atoms with Crippen molar-refractivity contribution in [1.29, 1.82) is 0 Å². The smallest absolute Gasteiger partial charge is 0.326 e. The third-order valence-electron chi connectivity index (χ3n) is 5.95. The van der Waals surface area contributed by atoms with Gasteiger partial charge in [0.1, 0.15) is 6.04 Å². The van der Waals surface area contributed by atoms with Crippen molar-refractivity contribution in [2.24, 2.45) is 0 Å². The van der Waals surface area contributed by atoms with Crippen LogP contribution in [-0.2, 0) is 17.6 Å².